The van der Waals surface area contributed by atoms with Crippen molar-refractivity contribution < 1.29 is 19.1 Å². The standard InChI is InChI=1S/C16H28N2O4/c1-12(8-9-17)18(10-13(19)21-15(2,3)4)11-14(20)22-16(5,6)7/h12H,8,10-11H2,1-7H3/t12-/m0/s1. The predicted molar refractivity (Wildman–Crippen MR) is 83.0 cm³/mol. The van der Waals surface area contributed by atoms with Gasteiger partial charge in [-0.3, -0.25) is 14.5 Å². The monoisotopic (exact) mass is 312 g/mol. The zero-order chi connectivity index (χ0) is 17.6. The Balaban J connectivity index is 4.81. The largest absolute Gasteiger partial charge is 0.459 e. The van der Waals surface area contributed by atoms with Crippen LogP contribution in [0, 0.1) is 11.3 Å². The van der Waals surface area contributed by atoms with Crippen molar-refractivity contribution in [2.24, 2.45) is 0 Å². The summed E-state index contributed by atoms with van der Waals surface area (Å²) in [5.74, 6) is -0.860. The molecule has 0 fully saturated rings. The van der Waals surface area contributed by atoms with Crippen molar-refractivity contribution in [1.29, 1.82) is 5.26 Å². The van der Waals surface area contributed by atoms with Crippen LogP contribution < -0.4 is 0 Å². The average molecular weight is 312 g/mol. The van der Waals surface area contributed by atoms with Crippen LogP contribution in [-0.4, -0.2) is 47.2 Å². The smallest absolute Gasteiger partial charge is 0.320 e. The van der Waals surface area contributed by atoms with E-state index in [0.29, 0.717) is 0 Å². The highest BCUT2D eigenvalue weighted by Gasteiger charge is 2.26. The first kappa shape index (κ1) is 20.4. The Kier molecular flexibility index (Phi) is 7.54. The van der Waals surface area contributed by atoms with E-state index < -0.39 is 23.1 Å². The number of carbonyl (C=O) groups is 2. The van der Waals surface area contributed by atoms with Crippen LogP contribution in [0.2, 0.25) is 0 Å². The van der Waals surface area contributed by atoms with Gasteiger partial charge in [-0.1, -0.05) is 0 Å². The van der Waals surface area contributed by atoms with Gasteiger partial charge in [0.2, 0.25) is 0 Å². The van der Waals surface area contributed by atoms with Crippen molar-refractivity contribution in [3.05, 3.63) is 0 Å². The van der Waals surface area contributed by atoms with E-state index in [-0.39, 0.29) is 25.6 Å². The number of nitriles is 1. The second-order valence-electron chi connectivity index (χ2n) is 7.29. The van der Waals surface area contributed by atoms with Crippen LogP contribution in [0.4, 0.5) is 0 Å². The molecule has 0 aliphatic rings. The third kappa shape index (κ3) is 10.2. The molecule has 0 aromatic carbocycles. The first-order valence-electron chi connectivity index (χ1n) is 7.39. The third-order valence-corrected chi connectivity index (χ3v) is 2.51. The fourth-order valence-electron chi connectivity index (χ4n) is 1.71. The number of hydrogen-bond donors (Lipinski definition) is 0. The Hall–Kier alpha value is -1.61. The van der Waals surface area contributed by atoms with Gasteiger partial charge in [0.05, 0.1) is 25.6 Å². The number of rotatable bonds is 6. The number of carbonyl (C=O) groups excluding carboxylic acids is 2. The highest BCUT2D eigenvalue weighted by Crippen LogP contribution is 2.12. The Bertz CT molecular complexity index is 397. The zero-order valence-corrected chi connectivity index (χ0v) is 14.7. The molecule has 6 nitrogen and oxygen atoms in total. The van der Waals surface area contributed by atoms with E-state index in [9.17, 15) is 9.59 Å². The molecular formula is C16H28N2O4. The first-order valence-corrected chi connectivity index (χ1v) is 7.39. The Morgan fingerprint density at radius 3 is 1.64 bits per heavy atom. The van der Waals surface area contributed by atoms with Crippen molar-refractivity contribution >= 4 is 11.9 Å². The molecule has 0 aliphatic carbocycles. The summed E-state index contributed by atoms with van der Waals surface area (Å²) < 4.78 is 10.5. The maximum absolute atomic E-state index is 11.9. The molecule has 0 amide bonds. The summed E-state index contributed by atoms with van der Waals surface area (Å²) in [6, 6.07) is 1.80. The van der Waals surface area contributed by atoms with Crippen molar-refractivity contribution in [2.75, 3.05) is 13.1 Å². The summed E-state index contributed by atoms with van der Waals surface area (Å²) in [5.41, 5.74) is -1.18. The van der Waals surface area contributed by atoms with Crippen LogP contribution in [0.25, 0.3) is 0 Å². The van der Waals surface area contributed by atoms with E-state index in [1.807, 2.05) is 6.07 Å². The van der Waals surface area contributed by atoms with Gasteiger partial charge in [-0.2, -0.15) is 5.26 Å². The fourth-order valence-corrected chi connectivity index (χ4v) is 1.71. The third-order valence-electron chi connectivity index (χ3n) is 2.51. The Morgan fingerprint density at radius 1 is 1.00 bits per heavy atom. The van der Waals surface area contributed by atoms with Gasteiger partial charge < -0.3 is 9.47 Å². The van der Waals surface area contributed by atoms with E-state index >= 15 is 0 Å². The molecule has 0 saturated heterocycles. The topological polar surface area (TPSA) is 79.6 Å². The minimum Gasteiger partial charge on any atom is -0.459 e. The van der Waals surface area contributed by atoms with E-state index in [1.165, 1.54) is 0 Å². The van der Waals surface area contributed by atoms with E-state index in [2.05, 4.69) is 0 Å². The Labute approximate surface area is 133 Å². The summed E-state index contributed by atoms with van der Waals surface area (Å²) in [6.07, 6.45) is 0.214. The number of ether oxygens (including phenoxy) is 2. The average Bonchev–Trinajstić information content (AvgIpc) is 2.22. The molecule has 6 heteroatoms. The SMILES string of the molecule is C[C@@H](CC#N)N(CC(=O)OC(C)(C)C)CC(=O)OC(C)(C)C. The minimum atomic E-state index is -0.590. The summed E-state index contributed by atoms with van der Waals surface area (Å²) in [4.78, 5) is 25.5. The second kappa shape index (κ2) is 8.14. The number of nitrogens with zero attached hydrogens (tertiary/aromatic N) is 2. The molecule has 0 bridgehead atoms. The molecule has 0 rings (SSSR count). The van der Waals surface area contributed by atoms with Gasteiger partial charge in [0.25, 0.3) is 0 Å². The Morgan fingerprint density at radius 2 is 1.36 bits per heavy atom. The molecule has 0 spiro atoms. The van der Waals surface area contributed by atoms with Gasteiger partial charge in [-0.05, 0) is 48.5 Å². The maximum Gasteiger partial charge on any atom is 0.320 e. The van der Waals surface area contributed by atoms with Gasteiger partial charge in [0.1, 0.15) is 11.2 Å². The maximum atomic E-state index is 11.9. The normalized spacial score (nSPS) is 13.4. The summed E-state index contributed by atoms with van der Waals surface area (Å²) in [7, 11) is 0. The second-order valence-corrected chi connectivity index (χ2v) is 7.29. The number of esters is 2. The van der Waals surface area contributed by atoms with Gasteiger partial charge in [0, 0.05) is 6.04 Å². The lowest BCUT2D eigenvalue weighted by molar-refractivity contribution is -0.160. The molecule has 126 valence electrons. The van der Waals surface area contributed by atoms with Crippen molar-refractivity contribution in [2.45, 2.75) is 72.1 Å². The minimum absolute atomic E-state index is 0.0562. The predicted octanol–water partition coefficient (Wildman–Crippen LogP) is 2.27. The lowest BCUT2D eigenvalue weighted by Gasteiger charge is -2.29. The molecular weight excluding hydrogens is 284 g/mol. The molecule has 0 N–H and O–H groups in total. The molecule has 0 aromatic rings. The molecule has 0 radical (unpaired) electrons. The highest BCUT2D eigenvalue weighted by molar-refractivity contribution is 5.75. The first-order chi connectivity index (χ1) is 9.84. The van der Waals surface area contributed by atoms with Crippen LogP contribution in [0.3, 0.4) is 0 Å². The van der Waals surface area contributed by atoms with Crippen LogP contribution in [0.15, 0.2) is 0 Å². The molecule has 0 heterocycles. The number of hydrogen-bond acceptors (Lipinski definition) is 6. The van der Waals surface area contributed by atoms with E-state index in [0.717, 1.165) is 0 Å². The summed E-state index contributed by atoms with van der Waals surface area (Å²) in [6.45, 7) is 12.4. The van der Waals surface area contributed by atoms with Crippen molar-refractivity contribution in [1.82, 2.24) is 4.90 Å². The molecule has 0 saturated carbocycles. The van der Waals surface area contributed by atoms with Crippen LogP contribution in [0.1, 0.15) is 54.9 Å². The molecule has 22 heavy (non-hydrogen) atoms. The zero-order valence-electron chi connectivity index (χ0n) is 14.7. The summed E-state index contributed by atoms with van der Waals surface area (Å²) in [5, 5.41) is 8.82. The van der Waals surface area contributed by atoms with Crippen molar-refractivity contribution in [3.63, 3.8) is 0 Å². The van der Waals surface area contributed by atoms with Crippen LogP contribution in [-0.2, 0) is 19.1 Å². The van der Waals surface area contributed by atoms with Crippen LogP contribution >= 0.6 is 0 Å². The van der Waals surface area contributed by atoms with Gasteiger partial charge in [0.15, 0.2) is 0 Å². The quantitative estimate of drug-likeness (QED) is 0.700. The van der Waals surface area contributed by atoms with Crippen molar-refractivity contribution in [3.8, 4) is 6.07 Å². The lowest BCUT2D eigenvalue weighted by Crippen LogP contribution is -2.44. The van der Waals surface area contributed by atoms with E-state index in [4.69, 9.17) is 14.7 Å². The molecule has 0 aliphatic heterocycles. The fraction of sp³-hybridized carbons (Fsp3) is 0.812. The molecule has 1 atom stereocenters. The highest BCUT2D eigenvalue weighted by atomic mass is 16.6. The summed E-state index contributed by atoms with van der Waals surface area (Å²) >= 11 is 0. The molecule has 0 aromatic heterocycles. The van der Waals surface area contributed by atoms with Gasteiger partial charge >= 0.3 is 11.9 Å². The lowest BCUT2D eigenvalue weighted by atomic mass is 10.2. The molecule has 0 unspecified atom stereocenters. The van der Waals surface area contributed by atoms with E-state index in [1.54, 1.807) is 53.4 Å². The van der Waals surface area contributed by atoms with Gasteiger partial charge in [-0.15, -0.1) is 0 Å². The van der Waals surface area contributed by atoms with Crippen LogP contribution in [0.5, 0.6) is 0 Å². The van der Waals surface area contributed by atoms with Gasteiger partial charge in [-0.25, -0.2) is 0 Å².